The Bertz CT molecular complexity index is 1240. The molecule has 0 bridgehead atoms. The first-order chi connectivity index (χ1) is 15.9. The van der Waals surface area contributed by atoms with Gasteiger partial charge in [-0.1, -0.05) is 48.2 Å². The van der Waals surface area contributed by atoms with Crippen LogP contribution < -0.4 is 20.0 Å². The molecule has 11 heteroatoms. The summed E-state index contributed by atoms with van der Waals surface area (Å²) in [5, 5.41) is 8.33. The number of amides is 2. The summed E-state index contributed by atoms with van der Waals surface area (Å²) in [5.74, 6) is -1.09. The highest BCUT2D eigenvalue weighted by molar-refractivity contribution is 8.14. The fourth-order valence-electron chi connectivity index (χ4n) is 2.92. The molecular weight excluding hydrogens is 447 g/mol. The van der Waals surface area contributed by atoms with Crippen LogP contribution in [-0.4, -0.2) is 42.1 Å². The van der Waals surface area contributed by atoms with Crippen LogP contribution in [0.1, 0.15) is 5.56 Å². The maximum Gasteiger partial charge on any atom is 0.305 e. The Hall–Kier alpha value is -3.99. The van der Waals surface area contributed by atoms with E-state index in [0.29, 0.717) is 10.9 Å². The summed E-state index contributed by atoms with van der Waals surface area (Å²) in [5.41, 5.74) is 0.920. The van der Waals surface area contributed by atoms with Gasteiger partial charge in [-0.25, -0.2) is 9.38 Å². The highest BCUT2D eigenvalue weighted by Gasteiger charge is 2.32. The number of aromatic nitrogens is 2. The van der Waals surface area contributed by atoms with Crippen LogP contribution in [0.5, 0.6) is 0 Å². The number of anilines is 2. The van der Waals surface area contributed by atoms with Gasteiger partial charge >= 0.3 is 5.88 Å². The lowest BCUT2D eigenvalue weighted by Gasteiger charge is -2.17. The minimum atomic E-state index is -0.457. The van der Waals surface area contributed by atoms with E-state index < -0.39 is 11.7 Å². The average molecular weight is 468 g/mol. The van der Waals surface area contributed by atoms with Gasteiger partial charge in [0.25, 0.3) is 12.1 Å². The van der Waals surface area contributed by atoms with Crippen molar-refractivity contribution in [2.75, 3.05) is 35.1 Å². The third-order valence-corrected chi connectivity index (χ3v) is 5.44. The fraction of sp³-hybridized carbons (Fsp3) is 0.136. The van der Waals surface area contributed by atoms with Crippen LogP contribution in [0.4, 0.5) is 16.0 Å². The summed E-state index contributed by atoms with van der Waals surface area (Å²) >= 11 is 1.08. The molecule has 1 aliphatic rings. The van der Waals surface area contributed by atoms with E-state index >= 15 is 0 Å². The number of aliphatic imine (C=N–C) groups is 1. The standard InChI is InChI=1S/C22H19FN6O3S/c1-27(2)28-13-20(32-26-28)25-19(30)14-33-22-24-18(12-15-8-6-7-11-17(15)23)21(31)29(22)16-9-4-3-5-10-16/h3-13H,14H2,1-2H3/p+1/b18-12+. The molecule has 9 nitrogen and oxygen atoms in total. The summed E-state index contributed by atoms with van der Waals surface area (Å²) in [4.78, 5) is 32.7. The Morgan fingerprint density at radius 1 is 1.21 bits per heavy atom. The predicted octanol–water partition coefficient (Wildman–Crippen LogP) is 2.41. The van der Waals surface area contributed by atoms with E-state index in [1.807, 2.05) is 6.07 Å². The Morgan fingerprint density at radius 2 is 1.94 bits per heavy atom. The van der Waals surface area contributed by atoms with Crippen LogP contribution in [0.15, 0.2) is 76.0 Å². The number of carbonyl (C=O) groups excluding carboxylic acids is 2. The van der Waals surface area contributed by atoms with Crippen molar-refractivity contribution >= 4 is 46.4 Å². The molecule has 0 saturated carbocycles. The van der Waals surface area contributed by atoms with Crippen LogP contribution in [0, 0.1) is 5.82 Å². The maximum absolute atomic E-state index is 14.1. The third kappa shape index (κ3) is 5.09. The molecule has 1 N–H and O–H groups in total. The summed E-state index contributed by atoms with van der Waals surface area (Å²) in [6, 6.07) is 15.1. The lowest BCUT2D eigenvalue weighted by Crippen LogP contribution is -2.53. The third-order valence-electron chi connectivity index (χ3n) is 4.50. The Balaban J connectivity index is 1.54. The van der Waals surface area contributed by atoms with E-state index in [-0.39, 0.29) is 28.8 Å². The molecule has 0 unspecified atom stereocenters. The normalized spacial score (nSPS) is 14.5. The molecule has 2 aromatic carbocycles. The van der Waals surface area contributed by atoms with Gasteiger partial charge in [0.1, 0.15) is 11.5 Å². The molecule has 0 aliphatic carbocycles. The number of amidine groups is 1. The van der Waals surface area contributed by atoms with E-state index in [4.69, 9.17) is 4.52 Å². The van der Waals surface area contributed by atoms with Gasteiger partial charge in [0, 0.05) is 5.56 Å². The van der Waals surface area contributed by atoms with Crippen molar-refractivity contribution in [3.05, 3.63) is 77.9 Å². The molecule has 168 valence electrons. The zero-order chi connectivity index (χ0) is 23.4. The van der Waals surface area contributed by atoms with Crippen molar-refractivity contribution in [2.45, 2.75) is 0 Å². The van der Waals surface area contributed by atoms with Crippen molar-refractivity contribution in [1.82, 2.24) is 5.27 Å². The lowest BCUT2D eigenvalue weighted by molar-refractivity contribution is -0.753. The summed E-state index contributed by atoms with van der Waals surface area (Å²) in [6.45, 7) is 0. The van der Waals surface area contributed by atoms with E-state index in [1.54, 1.807) is 61.6 Å². The van der Waals surface area contributed by atoms with Crippen LogP contribution in [-0.2, 0) is 9.59 Å². The van der Waals surface area contributed by atoms with Crippen molar-refractivity contribution < 1.29 is 23.3 Å². The van der Waals surface area contributed by atoms with Crippen molar-refractivity contribution in [3.63, 3.8) is 0 Å². The molecule has 0 fully saturated rings. The number of para-hydroxylation sites is 1. The van der Waals surface area contributed by atoms with Gasteiger partial charge in [-0.3, -0.25) is 24.3 Å². The molecule has 0 saturated heterocycles. The summed E-state index contributed by atoms with van der Waals surface area (Å²) in [6.07, 6.45) is 2.92. The summed E-state index contributed by atoms with van der Waals surface area (Å²) in [7, 11) is 3.54. The minimum Gasteiger partial charge on any atom is -0.288 e. The highest BCUT2D eigenvalue weighted by Crippen LogP contribution is 2.29. The van der Waals surface area contributed by atoms with Crippen LogP contribution in [0.25, 0.3) is 6.08 Å². The highest BCUT2D eigenvalue weighted by atomic mass is 32.2. The second-order valence-electron chi connectivity index (χ2n) is 7.09. The van der Waals surface area contributed by atoms with Gasteiger partial charge < -0.3 is 0 Å². The quantitative estimate of drug-likeness (QED) is 0.442. The number of hydrogen-bond donors (Lipinski definition) is 1. The van der Waals surface area contributed by atoms with Gasteiger partial charge in [-0.05, 0) is 24.3 Å². The molecule has 0 spiro atoms. The van der Waals surface area contributed by atoms with Gasteiger partial charge in [0.05, 0.1) is 30.3 Å². The average Bonchev–Trinajstić information content (AvgIpc) is 3.39. The number of nitrogens with zero attached hydrogens (tertiary/aromatic N) is 5. The van der Waals surface area contributed by atoms with Crippen LogP contribution in [0.3, 0.4) is 0 Å². The molecule has 0 radical (unpaired) electrons. The van der Waals surface area contributed by atoms with Gasteiger partial charge in [0.2, 0.25) is 11.2 Å². The molecule has 4 rings (SSSR count). The molecule has 33 heavy (non-hydrogen) atoms. The largest absolute Gasteiger partial charge is 0.305 e. The van der Waals surface area contributed by atoms with Crippen molar-refractivity contribution in [3.8, 4) is 0 Å². The molecule has 2 amide bonds. The Morgan fingerprint density at radius 3 is 2.64 bits per heavy atom. The van der Waals surface area contributed by atoms with Gasteiger partial charge in [0.15, 0.2) is 5.17 Å². The fourth-order valence-corrected chi connectivity index (χ4v) is 3.74. The summed E-state index contributed by atoms with van der Waals surface area (Å²) < 4.78 is 19.2. The maximum atomic E-state index is 14.1. The van der Waals surface area contributed by atoms with Crippen LogP contribution in [0.2, 0.25) is 0 Å². The van der Waals surface area contributed by atoms with Crippen molar-refractivity contribution in [1.29, 1.82) is 0 Å². The van der Waals surface area contributed by atoms with E-state index in [9.17, 15) is 14.0 Å². The second-order valence-corrected chi connectivity index (χ2v) is 8.03. The SMILES string of the molecule is CN(C)[n+]1cc(NC(=O)CSC2=N/C(=C/c3ccccc3F)C(=O)N2c2ccccc2)on1. The first-order valence-corrected chi connectivity index (χ1v) is 10.8. The Kier molecular flexibility index (Phi) is 6.50. The number of thioether (sulfide) groups is 1. The molecule has 1 aromatic heterocycles. The smallest absolute Gasteiger partial charge is 0.288 e. The molecule has 0 atom stereocenters. The van der Waals surface area contributed by atoms with Gasteiger partial charge in [-0.2, -0.15) is 5.01 Å². The van der Waals surface area contributed by atoms with E-state index in [1.165, 1.54) is 28.0 Å². The zero-order valence-corrected chi connectivity index (χ0v) is 18.6. The lowest BCUT2D eigenvalue weighted by atomic mass is 10.1. The molecular formula is C22H20FN6O3S+. The monoisotopic (exact) mass is 467 g/mol. The zero-order valence-electron chi connectivity index (χ0n) is 17.8. The molecule has 1 aliphatic heterocycles. The van der Waals surface area contributed by atoms with Gasteiger partial charge in [-0.15, -0.1) is 0 Å². The Labute approximate surface area is 193 Å². The van der Waals surface area contributed by atoms with Crippen molar-refractivity contribution in [2.24, 2.45) is 4.99 Å². The number of benzene rings is 2. The number of nitrogens with one attached hydrogen (secondary N) is 1. The molecule has 2 heterocycles. The number of halogens is 1. The number of rotatable bonds is 6. The van der Waals surface area contributed by atoms with E-state index in [0.717, 1.165) is 11.8 Å². The van der Waals surface area contributed by atoms with E-state index in [2.05, 4.69) is 15.6 Å². The second kappa shape index (κ2) is 9.65. The molecule has 3 aromatic rings. The number of carbonyl (C=O) groups is 2. The van der Waals surface area contributed by atoms with Crippen LogP contribution >= 0.6 is 11.8 Å². The number of hydrogen-bond acceptors (Lipinski definition) is 7. The first kappa shape index (κ1) is 22.2. The first-order valence-electron chi connectivity index (χ1n) is 9.86. The minimum absolute atomic E-state index is 0.0366. The topological polar surface area (TPSA) is 94.9 Å². The predicted molar refractivity (Wildman–Crippen MR) is 124 cm³/mol.